The summed E-state index contributed by atoms with van der Waals surface area (Å²) in [6.45, 7) is 6.67. The molecule has 0 fully saturated rings. The fourth-order valence-corrected chi connectivity index (χ4v) is 3.46. The van der Waals surface area contributed by atoms with E-state index in [0.717, 1.165) is 17.7 Å². The monoisotopic (exact) mass is 317 g/mol. The van der Waals surface area contributed by atoms with Crippen molar-refractivity contribution in [1.82, 2.24) is 0 Å². The van der Waals surface area contributed by atoms with Gasteiger partial charge in [-0.25, -0.2) is 0 Å². The summed E-state index contributed by atoms with van der Waals surface area (Å²) < 4.78 is 4.99. The van der Waals surface area contributed by atoms with Gasteiger partial charge >= 0.3 is 5.97 Å². The van der Waals surface area contributed by atoms with E-state index < -0.39 is 4.75 Å². The molecule has 1 aromatic rings. The lowest BCUT2D eigenvalue weighted by atomic mass is 9.92. The van der Waals surface area contributed by atoms with Gasteiger partial charge in [-0.3, -0.25) is 9.79 Å². The quantitative estimate of drug-likeness (QED) is 0.576. The summed E-state index contributed by atoms with van der Waals surface area (Å²) in [6.07, 6.45) is 7.30. The highest BCUT2D eigenvalue weighted by atomic mass is 32.2. The lowest BCUT2D eigenvalue weighted by Crippen LogP contribution is -2.39. The second-order valence-corrected chi connectivity index (χ2v) is 7.27. The number of unbranched alkanes of at least 4 members (excludes halogenated alkanes) is 1. The maximum absolute atomic E-state index is 12.4. The number of rotatable bonds is 6. The third-order valence-corrected chi connectivity index (χ3v) is 4.97. The number of esters is 1. The number of aliphatic imine (C=N–C) groups is 1. The van der Waals surface area contributed by atoms with Crippen LogP contribution in [0.4, 0.5) is 0 Å². The zero-order valence-electron chi connectivity index (χ0n) is 13.4. The van der Waals surface area contributed by atoms with E-state index in [4.69, 9.17) is 4.74 Å². The summed E-state index contributed by atoms with van der Waals surface area (Å²) in [5, 5.41) is 0. The van der Waals surface area contributed by atoms with Gasteiger partial charge in [-0.2, -0.15) is 0 Å². The number of carbonyl (C=O) groups excluding carboxylic acids is 1. The lowest BCUT2D eigenvalue weighted by Gasteiger charge is -2.32. The number of thioether (sulfide) groups is 1. The fourth-order valence-electron chi connectivity index (χ4n) is 2.27. The predicted molar refractivity (Wildman–Crippen MR) is 92.4 cm³/mol. The van der Waals surface area contributed by atoms with Crippen LogP contribution in [0, 0.1) is 12.8 Å². The summed E-state index contributed by atoms with van der Waals surface area (Å²) in [7, 11) is 0. The summed E-state index contributed by atoms with van der Waals surface area (Å²) in [5.74, 6) is -0.480. The highest BCUT2D eigenvalue weighted by Crippen LogP contribution is 2.40. The first kappa shape index (κ1) is 16.8. The fraction of sp³-hybridized carbons (Fsp3) is 0.444. The van der Waals surface area contributed by atoms with Gasteiger partial charge in [0.25, 0.3) is 0 Å². The summed E-state index contributed by atoms with van der Waals surface area (Å²) >= 11 is 1.65. The van der Waals surface area contributed by atoms with E-state index in [1.165, 1.54) is 5.56 Å². The van der Waals surface area contributed by atoms with Crippen LogP contribution in [0.2, 0.25) is 0 Å². The first-order chi connectivity index (χ1) is 10.5. The predicted octanol–water partition coefficient (Wildman–Crippen LogP) is 4.40. The molecule has 0 bridgehead atoms. The molecule has 0 aromatic heterocycles. The Hall–Kier alpha value is -1.55. The van der Waals surface area contributed by atoms with E-state index in [1.54, 1.807) is 18.0 Å². The zero-order valence-corrected chi connectivity index (χ0v) is 14.2. The average Bonchev–Trinajstić information content (AvgIpc) is 2.50. The second-order valence-electron chi connectivity index (χ2n) is 5.72. The van der Waals surface area contributed by atoms with Crippen molar-refractivity contribution >= 4 is 23.9 Å². The Morgan fingerprint density at radius 2 is 2.09 bits per heavy atom. The molecule has 0 radical (unpaired) electrons. The van der Waals surface area contributed by atoms with E-state index in [2.05, 4.69) is 43.1 Å². The molecule has 1 aliphatic rings. The maximum Gasteiger partial charge on any atom is 0.314 e. The number of nitrogens with zero attached hydrogens (tertiary/aromatic N) is 1. The largest absolute Gasteiger partial charge is 0.465 e. The molecule has 2 atom stereocenters. The molecule has 2 rings (SSSR count). The van der Waals surface area contributed by atoms with E-state index in [0.29, 0.717) is 6.61 Å². The third-order valence-electron chi connectivity index (χ3n) is 3.67. The average molecular weight is 317 g/mol. The maximum atomic E-state index is 12.4. The number of benzene rings is 1. The van der Waals surface area contributed by atoms with Gasteiger partial charge in [0.15, 0.2) is 0 Å². The van der Waals surface area contributed by atoms with Crippen molar-refractivity contribution in [1.29, 1.82) is 0 Å². The van der Waals surface area contributed by atoms with E-state index in [1.807, 2.05) is 19.2 Å². The van der Waals surface area contributed by atoms with Crippen LogP contribution in [-0.2, 0) is 9.53 Å². The van der Waals surface area contributed by atoms with Crippen molar-refractivity contribution in [3.8, 4) is 0 Å². The number of aryl methyl sites for hydroxylation is 1. The highest BCUT2D eigenvalue weighted by Gasteiger charge is 2.39. The van der Waals surface area contributed by atoms with Crippen molar-refractivity contribution in [3.05, 3.63) is 42.1 Å². The second kappa shape index (κ2) is 7.63. The molecule has 0 saturated heterocycles. The summed E-state index contributed by atoms with van der Waals surface area (Å²) in [5.41, 5.74) is 1.22. The van der Waals surface area contributed by atoms with Gasteiger partial charge in [-0.1, -0.05) is 37.1 Å². The number of hydrogen-bond donors (Lipinski definition) is 0. The molecular weight excluding hydrogens is 294 g/mol. The standard InChI is InChI=1S/C18H23NO2S/c1-4-5-12-21-17(20)16-10-11-19-13-18(16,3)22-15-8-6-14(2)7-9-15/h6-11,13,16H,4-5,12H2,1-3H3. The van der Waals surface area contributed by atoms with E-state index in [9.17, 15) is 4.79 Å². The molecule has 4 heteroatoms. The van der Waals surface area contributed by atoms with Crippen LogP contribution in [0.5, 0.6) is 0 Å². The molecule has 0 amide bonds. The van der Waals surface area contributed by atoms with Crippen LogP contribution in [0.3, 0.4) is 0 Å². The van der Waals surface area contributed by atoms with Crippen molar-refractivity contribution < 1.29 is 9.53 Å². The summed E-state index contributed by atoms with van der Waals surface area (Å²) in [6, 6.07) is 8.32. The molecule has 0 saturated carbocycles. The Bertz CT molecular complexity index is 565. The zero-order chi connectivity index (χ0) is 16.0. The smallest absolute Gasteiger partial charge is 0.314 e. The minimum Gasteiger partial charge on any atom is -0.465 e. The van der Waals surface area contributed by atoms with Crippen molar-refractivity contribution in [2.75, 3.05) is 6.61 Å². The van der Waals surface area contributed by atoms with Gasteiger partial charge in [0.1, 0.15) is 0 Å². The van der Waals surface area contributed by atoms with Gasteiger partial charge in [0.2, 0.25) is 0 Å². The minimum atomic E-state index is -0.423. The molecular formula is C18H23NO2S. The first-order valence-electron chi connectivity index (χ1n) is 7.68. The Kier molecular flexibility index (Phi) is 5.83. The Balaban J connectivity index is 2.10. The minimum absolute atomic E-state index is 0.169. The van der Waals surface area contributed by atoms with Gasteiger partial charge in [0.05, 0.1) is 17.3 Å². The van der Waals surface area contributed by atoms with Gasteiger partial charge in [-0.15, -0.1) is 11.8 Å². The lowest BCUT2D eigenvalue weighted by molar-refractivity contribution is -0.147. The van der Waals surface area contributed by atoms with Crippen LogP contribution in [0.25, 0.3) is 0 Å². The molecule has 0 N–H and O–H groups in total. The number of hydrogen-bond acceptors (Lipinski definition) is 4. The Morgan fingerprint density at radius 3 is 2.77 bits per heavy atom. The van der Waals surface area contributed by atoms with E-state index in [-0.39, 0.29) is 11.9 Å². The first-order valence-corrected chi connectivity index (χ1v) is 8.50. The Morgan fingerprint density at radius 1 is 1.36 bits per heavy atom. The molecule has 0 spiro atoms. The van der Waals surface area contributed by atoms with Crippen LogP contribution in [0.1, 0.15) is 32.3 Å². The van der Waals surface area contributed by atoms with Crippen molar-refractivity contribution in [2.24, 2.45) is 10.9 Å². The molecule has 1 heterocycles. The molecule has 3 nitrogen and oxygen atoms in total. The molecule has 2 unspecified atom stereocenters. The SMILES string of the molecule is CCCCOC(=O)C1C=CN=CC1(C)Sc1ccc(C)cc1. The van der Waals surface area contributed by atoms with Crippen LogP contribution >= 0.6 is 11.8 Å². The normalized spacial score (nSPS) is 23.5. The molecule has 118 valence electrons. The topological polar surface area (TPSA) is 38.7 Å². The molecule has 1 aliphatic heterocycles. The Labute approximate surface area is 136 Å². The van der Waals surface area contributed by atoms with Gasteiger partial charge in [0, 0.05) is 17.3 Å². The third kappa shape index (κ3) is 4.23. The van der Waals surface area contributed by atoms with Crippen molar-refractivity contribution in [3.63, 3.8) is 0 Å². The van der Waals surface area contributed by atoms with Crippen molar-refractivity contribution in [2.45, 2.75) is 43.3 Å². The molecule has 1 aromatic carbocycles. The van der Waals surface area contributed by atoms with Crippen LogP contribution in [-0.4, -0.2) is 23.5 Å². The van der Waals surface area contributed by atoms with Gasteiger partial charge in [-0.05, 0) is 32.4 Å². The molecule has 0 aliphatic carbocycles. The highest BCUT2D eigenvalue weighted by molar-refractivity contribution is 8.01. The van der Waals surface area contributed by atoms with Crippen LogP contribution < -0.4 is 0 Å². The van der Waals surface area contributed by atoms with Crippen LogP contribution in [0.15, 0.2) is 46.4 Å². The van der Waals surface area contributed by atoms with Gasteiger partial charge < -0.3 is 4.74 Å². The van der Waals surface area contributed by atoms with E-state index >= 15 is 0 Å². The number of ether oxygens (including phenoxy) is 1. The molecule has 22 heavy (non-hydrogen) atoms. The number of carbonyl (C=O) groups is 1. The summed E-state index contributed by atoms with van der Waals surface area (Å²) in [4.78, 5) is 17.7.